The number of carbonyl (C=O) groups excluding carboxylic acids is 2. The Balaban J connectivity index is 2.23. The summed E-state index contributed by atoms with van der Waals surface area (Å²) in [6.45, 7) is 10.2. The number of amides is 1. The maximum atomic E-state index is 12.9. The number of esters is 1. The molecule has 1 aliphatic carbocycles. The highest BCUT2D eigenvalue weighted by Crippen LogP contribution is 2.42. The monoisotopic (exact) mass is 377 g/mol. The van der Waals surface area contributed by atoms with Crippen LogP contribution in [0.15, 0.2) is 18.2 Å². The lowest BCUT2D eigenvalue weighted by Crippen LogP contribution is -2.45. The molecule has 1 atom stereocenters. The second-order valence-corrected chi connectivity index (χ2v) is 7.28. The Morgan fingerprint density at radius 1 is 1.26 bits per heavy atom. The molecule has 0 radical (unpaired) electrons. The molecule has 1 amide bonds. The van der Waals surface area contributed by atoms with Crippen LogP contribution in [0.1, 0.15) is 64.2 Å². The number of carbonyl (C=O) groups is 2. The van der Waals surface area contributed by atoms with E-state index in [9.17, 15) is 9.59 Å². The average Bonchev–Trinajstić information content (AvgIpc) is 3.46. The molecule has 1 aromatic rings. The molecule has 0 bridgehead atoms. The highest BCUT2D eigenvalue weighted by Gasteiger charge is 2.48. The van der Waals surface area contributed by atoms with Gasteiger partial charge in [0.1, 0.15) is 16.9 Å². The van der Waals surface area contributed by atoms with Crippen molar-refractivity contribution in [2.24, 2.45) is 5.92 Å². The van der Waals surface area contributed by atoms with Gasteiger partial charge in [0, 0.05) is 12.3 Å². The van der Waals surface area contributed by atoms with Crippen molar-refractivity contribution >= 4 is 17.6 Å². The van der Waals surface area contributed by atoms with Crippen molar-refractivity contribution in [3.05, 3.63) is 23.8 Å². The molecule has 2 rings (SSSR count). The van der Waals surface area contributed by atoms with Gasteiger partial charge in [-0.15, -0.1) is 0 Å². The van der Waals surface area contributed by atoms with Gasteiger partial charge >= 0.3 is 5.97 Å². The average molecular weight is 377 g/mol. The van der Waals surface area contributed by atoms with E-state index in [0.717, 1.165) is 19.3 Å². The Bertz CT molecular complexity index is 669. The third-order valence-corrected chi connectivity index (χ3v) is 4.51. The van der Waals surface area contributed by atoms with Gasteiger partial charge in [0.2, 0.25) is 0 Å². The Labute approximate surface area is 161 Å². The number of hydrogen-bond acceptors (Lipinski definition) is 5. The van der Waals surface area contributed by atoms with E-state index in [2.05, 4.69) is 5.32 Å². The van der Waals surface area contributed by atoms with Gasteiger partial charge in [0.05, 0.1) is 12.7 Å². The first kappa shape index (κ1) is 21.2. The van der Waals surface area contributed by atoms with Gasteiger partial charge in [0.15, 0.2) is 0 Å². The second-order valence-electron chi connectivity index (χ2n) is 7.28. The summed E-state index contributed by atoms with van der Waals surface area (Å²) < 4.78 is 16.7. The van der Waals surface area contributed by atoms with E-state index in [1.807, 2.05) is 27.7 Å². The summed E-state index contributed by atoms with van der Waals surface area (Å²) in [5.41, 5.74) is -0.0372. The van der Waals surface area contributed by atoms with Gasteiger partial charge in [-0.1, -0.05) is 6.92 Å². The minimum atomic E-state index is -0.854. The van der Waals surface area contributed by atoms with E-state index in [0.29, 0.717) is 23.6 Å². The number of hydrogen-bond donors (Lipinski definition) is 1. The van der Waals surface area contributed by atoms with Crippen LogP contribution in [-0.4, -0.2) is 36.8 Å². The van der Waals surface area contributed by atoms with Crippen LogP contribution >= 0.6 is 0 Å². The smallest absolute Gasteiger partial charge is 0.341 e. The molecular formula is C21H31NO5. The summed E-state index contributed by atoms with van der Waals surface area (Å²) in [4.78, 5) is 25.2. The summed E-state index contributed by atoms with van der Waals surface area (Å²) in [7, 11) is 0. The van der Waals surface area contributed by atoms with Crippen LogP contribution in [0, 0.1) is 5.92 Å². The molecule has 1 aliphatic rings. The number of nitrogens with one attached hydrogen (secondary N) is 1. The lowest BCUT2D eigenvalue weighted by molar-refractivity contribution is -0.142. The first-order valence-corrected chi connectivity index (χ1v) is 9.75. The molecule has 1 N–H and O–H groups in total. The molecule has 150 valence electrons. The molecule has 0 saturated heterocycles. The van der Waals surface area contributed by atoms with E-state index < -0.39 is 11.6 Å². The molecule has 0 spiro atoms. The predicted octanol–water partition coefficient (Wildman–Crippen LogP) is 4.18. The molecule has 1 aromatic carbocycles. The van der Waals surface area contributed by atoms with Crippen LogP contribution in [0.4, 0.5) is 5.69 Å². The second kappa shape index (κ2) is 9.22. The van der Waals surface area contributed by atoms with Gasteiger partial charge in [-0.25, -0.2) is 4.79 Å². The van der Waals surface area contributed by atoms with Gasteiger partial charge in [0.25, 0.3) is 5.91 Å². The van der Waals surface area contributed by atoms with Crippen molar-refractivity contribution in [2.45, 2.75) is 65.6 Å². The zero-order valence-corrected chi connectivity index (χ0v) is 17.0. The fraction of sp³-hybridized carbons (Fsp3) is 0.619. The fourth-order valence-corrected chi connectivity index (χ4v) is 2.91. The van der Waals surface area contributed by atoms with Crippen LogP contribution in [0.5, 0.6) is 5.75 Å². The minimum Gasteiger partial charge on any atom is -0.490 e. The Morgan fingerprint density at radius 3 is 2.52 bits per heavy atom. The normalized spacial score (nSPS) is 15.9. The van der Waals surface area contributed by atoms with Crippen molar-refractivity contribution < 1.29 is 23.8 Å². The first-order chi connectivity index (χ1) is 12.8. The lowest BCUT2D eigenvalue weighted by Gasteiger charge is -2.28. The Morgan fingerprint density at radius 2 is 1.96 bits per heavy atom. The molecule has 6 nitrogen and oxygen atoms in total. The summed E-state index contributed by atoms with van der Waals surface area (Å²) in [6, 6.07) is 5.01. The van der Waals surface area contributed by atoms with Crippen molar-refractivity contribution in [3.8, 4) is 5.75 Å². The topological polar surface area (TPSA) is 73.9 Å². The molecule has 1 fully saturated rings. The van der Waals surface area contributed by atoms with Crippen LogP contribution in [-0.2, 0) is 14.3 Å². The molecule has 1 saturated carbocycles. The molecule has 0 aliphatic heterocycles. The third kappa shape index (κ3) is 5.45. The van der Waals surface area contributed by atoms with Crippen LogP contribution < -0.4 is 10.1 Å². The summed E-state index contributed by atoms with van der Waals surface area (Å²) in [5, 5.41) is 2.90. The van der Waals surface area contributed by atoms with E-state index >= 15 is 0 Å². The molecule has 1 unspecified atom stereocenters. The standard InChI is InChI=1S/C21H31NO5/c1-6-12-26-21(5,15-8-9-15)20(24)22-16-10-11-18(27-14(3)4)17(13-16)19(23)25-7-2/h10-11,13-15H,6-9,12H2,1-5H3,(H,22,24). The molecule has 27 heavy (non-hydrogen) atoms. The SMILES string of the molecule is CCCOC(C)(C(=O)Nc1ccc(OC(C)C)c(C(=O)OCC)c1)C1CC1. The first-order valence-electron chi connectivity index (χ1n) is 9.75. The van der Waals surface area contributed by atoms with Crippen molar-refractivity contribution in [1.82, 2.24) is 0 Å². The fourth-order valence-electron chi connectivity index (χ4n) is 2.91. The molecule has 0 aromatic heterocycles. The van der Waals surface area contributed by atoms with Crippen molar-refractivity contribution in [2.75, 3.05) is 18.5 Å². The Hall–Kier alpha value is -2.08. The van der Waals surface area contributed by atoms with Crippen LogP contribution in [0.3, 0.4) is 0 Å². The van der Waals surface area contributed by atoms with E-state index in [1.165, 1.54) is 0 Å². The molecular weight excluding hydrogens is 346 g/mol. The summed E-state index contributed by atoms with van der Waals surface area (Å²) in [6.07, 6.45) is 2.74. The summed E-state index contributed by atoms with van der Waals surface area (Å²) in [5.74, 6) is 0.00739. The third-order valence-electron chi connectivity index (χ3n) is 4.51. The largest absolute Gasteiger partial charge is 0.490 e. The van der Waals surface area contributed by atoms with Crippen LogP contribution in [0.25, 0.3) is 0 Å². The van der Waals surface area contributed by atoms with Gasteiger partial charge in [-0.3, -0.25) is 4.79 Å². The zero-order valence-electron chi connectivity index (χ0n) is 17.0. The molecule has 0 heterocycles. The van der Waals surface area contributed by atoms with Gasteiger partial charge in [-0.05, 0) is 71.1 Å². The number of anilines is 1. The van der Waals surface area contributed by atoms with Crippen molar-refractivity contribution in [3.63, 3.8) is 0 Å². The van der Waals surface area contributed by atoms with Crippen molar-refractivity contribution in [1.29, 1.82) is 0 Å². The Kier molecular flexibility index (Phi) is 7.25. The number of rotatable bonds is 10. The quantitative estimate of drug-likeness (QED) is 0.619. The van der Waals surface area contributed by atoms with Gasteiger partial charge in [-0.2, -0.15) is 0 Å². The number of ether oxygens (including phenoxy) is 3. The van der Waals surface area contributed by atoms with E-state index in [4.69, 9.17) is 14.2 Å². The predicted molar refractivity (Wildman–Crippen MR) is 104 cm³/mol. The highest BCUT2D eigenvalue weighted by molar-refractivity contribution is 6.00. The molecule has 6 heteroatoms. The minimum absolute atomic E-state index is 0.0841. The highest BCUT2D eigenvalue weighted by atomic mass is 16.5. The maximum absolute atomic E-state index is 12.9. The zero-order chi connectivity index (χ0) is 20.0. The summed E-state index contributed by atoms with van der Waals surface area (Å²) >= 11 is 0. The van der Waals surface area contributed by atoms with E-state index in [1.54, 1.807) is 25.1 Å². The van der Waals surface area contributed by atoms with E-state index in [-0.39, 0.29) is 24.5 Å². The van der Waals surface area contributed by atoms with Gasteiger partial charge < -0.3 is 19.5 Å². The maximum Gasteiger partial charge on any atom is 0.341 e. The van der Waals surface area contributed by atoms with Crippen LogP contribution in [0.2, 0.25) is 0 Å². The number of benzene rings is 1. The lowest BCUT2D eigenvalue weighted by atomic mass is 9.98.